The predicted octanol–water partition coefficient (Wildman–Crippen LogP) is 0.00800. The van der Waals surface area contributed by atoms with E-state index >= 15 is 0 Å². The third-order valence-corrected chi connectivity index (χ3v) is 2.14. The van der Waals surface area contributed by atoms with Crippen LogP contribution < -0.4 is 10.6 Å². The fraction of sp³-hybridized carbons (Fsp3) is 0.875. The summed E-state index contributed by atoms with van der Waals surface area (Å²) in [6, 6.07) is 0.715. The van der Waals surface area contributed by atoms with Crippen LogP contribution in [0, 0.1) is 0 Å². The third-order valence-electron chi connectivity index (χ3n) is 2.14. The first kappa shape index (κ1) is 9.32. The molecule has 1 aliphatic rings. The molecule has 0 saturated carbocycles. The molecule has 1 heterocycles. The van der Waals surface area contributed by atoms with Gasteiger partial charge in [-0.05, 0) is 20.9 Å². The number of likely N-dealkylation sites (N-methyl/N-ethyl adjacent to an activating group) is 1. The summed E-state index contributed by atoms with van der Waals surface area (Å²) in [6.07, 6.45) is 0. The first-order valence-electron chi connectivity index (χ1n) is 4.36. The minimum atomic E-state index is 0.0598. The Balaban J connectivity index is 2.37. The highest BCUT2D eigenvalue weighted by atomic mass is 16.2. The van der Waals surface area contributed by atoms with Gasteiger partial charge in [0.2, 0.25) is 0 Å². The number of carbonyl (C=O) groups excluding carboxylic acids is 1. The van der Waals surface area contributed by atoms with Gasteiger partial charge in [-0.3, -0.25) is 0 Å². The molecule has 0 aromatic carbocycles. The van der Waals surface area contributed by atoms with E-state index in [-0.39, 0.29) is 6.03 Å². The normalized spacial score (nSPS) is 25.8. The molecule has 70 valence electrons. The molecule has 2 amide bonds. The monoisotopic (exact) mass is 171 g/mol. The average Bonchev–Trinajstić information content (AvgIpc) is 2.30. The number of hydrogen-bond donors (Lipinski definition) is 2. The SMILES string of the molecule is CNC(C)CN1CC(C)NC1=O. The molecule has 0 aromatic rings. The highest BCUT2D eigenvalue weighted by Gasteiger charge is 2.25. The van der Waals surface area contributed by atoms with Crippen LogP contribution in [-0.4, -0.2) is 43.2 Å². The second kappa shape index (κ2) is 3.76. The lowest BCUT2D eigenvalue weighted by atomic mass is 10.3. The molecule has 4 nitrogen and oxygen atoms in total. The maximum atomic E-state index is 11.2. The van der Waals surface area contributed by atoms with E-state index in [4.69, 9.17) is 0 Å². The first-order valence-corrected chi connectivity index (χ1v) is 4.36. The third kappa shape index (κ3) is 2.11. The Morgan fingerprint density at radius 2 is 2.50 bits per heavy atom. The van der Waals surface area contributed by atoms with Gasteiger partial charge in [-0.15, -0.1) is 0 Å². The zero-order valence-electron chi connectivity index (χ0n) is 7.92. The fourth-order valence-electron chi connectivity index (χ4n) is 1.34. The van der Waals surface area contributed by atoms with Crippen molar-refractivity contribution >= 4 is 6.03 Å². The van der Waals surface area contributed by atoms with Crippen molar-refractivity contribution < 1.29 is 4.79 Å². The quantitative estimate of drug-likeness (QED) is 0.628. The predicted molar refractivity (Wildman–Crippen MR) is 48.1 cm³/mol. The van der Waals surface area contributed by atoms with Gasteiger partial charge in [-0.1, -0.05) is 0 Å². The molecule has 0 aromatic heterocycles. The van der Waals surface area contributed by atoms with Crippen LogP contribution in [0.15, 0.2) is 0 Å². The van der Waals surface area contributed by atoms with Crippen LogP contribution in [0.1, 0.15) is 13.8 Å². The second-order valence-electron chi connectivity index (χ2n) is 3.45. The van der Waals surface area contributed by atoms with Gasteiger partial charge in [-0.2, -0.15) is 0 Å². The smallest absolute Gasteiger partial charge is 0.317 e. The van der Waals surface area contributed by atoms with E-state index in [1.54, 1.807) is 0 Å². The van der Waals surface area contributed by atoms with Crippen molar-refractivity contribution in [1.29, 1.82) is 0 Å². The molecule has 1 rings (SSSR count). The molecule has 1 saturated heterocycles. The molecule has 12 heavy (non-hydrogen) atoms. The molecule has 2 atom stereocenters. The van der Waals surface area contributed by atoms with Crippen LogP contribution in [0.25, 0.3) is 0 Å². The fourth-order valence-corrected chi connectivity index (χ4v) is 1.34. The van der Waals surface area contributed by atoms with E-state index in [0.29, 0.717) is 12.1 Å². The Morgan fingerprint density at radius 1 is 1.83 bits per heavy atom. The van der Waals surface area contributed by atoms with Crippen molar-refractivity contribution in [3.8, 4) is 0 Å². The van der Waals surface area contributed by atoms with Gasteiger partial charge in [0.15, 0.2) is 0 Å². The lowest BCUT2D eigenvalue weighted by molar-refractivity contribution is 0.213. The zero-order chi connectivity index (χ0) is 9.14. The lowest BCUT2D eigenvalue weighted by Crippen LogP contribution is -2.39. The van der Waals surface area contributed by atoms with Crippen molar-refractivity contribution in [1.82, 2.24) is 15.5 Å². The summed E-state index contributed by atoms with van der Waals surface area (Å²) in [5, 5.41) is 5.96. The minimum absolute atomic E-state index is 0.0598. The number of carbonyl (C=O) groups is 1. The summed E-state index contributed by atoms with van der Waals surface area (Å²) in [5.74, 6) is 0. The molecular formula is C8H17N3O. The second-order valence-corrected chi connectivity index (χ2v) is 3.45. The van der Waals surface area contributed by atoms with E-state index in [0.717, 1.165) is 13.1 Å². The first-order chi connectivity index (χ1) is 5.63. The molecule has 1 fully saturated rings. The van der Waals surface area contributed by atoms with Crippen LogP contribution >= 0.6 is 0 Å². The number of rotatable bonds is 3. The highest BCUT2D eigenvalue weighted by molar-refractivity contribution is 5.76. The molecule has 2 N–H and O–H groups in total. The van der Waals surface area contributed by atoms with Crippen LogP contribution in [-0.2, 0) is 0 Å². The van der Waals surface area contributed by atoms with Gasteiger partial charge in [-0.25, -0.2) is 4.79 Å². The van der Waals surface area contributed by atoms with E-state index < -0.39 is 0 Å². The molecule has 4 heteroatoms. The van der Waals surface area contributed by atoms with Gasteiger partial charge in [0.1, 0.15) is 0 Å². The van der Waals surface area contributed by atoms with Gasteiger partial charge in [0.25, 0.3) is 0 Å². The Hall–Kier alpha value is -0.770. The van der Waals surface area contributed by atoms with Crippen LogP contribution in [0.3, 0.4) is 0 Å². The van der Waals surface area contributed by atoms with Crippen molar-refractivity contribution in [2.24, 2.45) is 0 Å². The summed E-state index contributed by atoms with van der Waals surface area (Å²) >= 11 is 0. The van der Waals surface area contributed by atoms with Crippen LogP contribution in [0.4, 0.5) is 4.79 Å². The van der Waals surface area contributed by atoms with E-state index in [2.05, 4.69) is 17.6 Å². The van der Waals surface area contributed by atoms with Gasteiger partial charge >= 0.3 is 6.03 Å². The van der Waals surface area contributed by atoms with Crippen molar-refractivity contribution in [3.05, 3.63) is 0 Å². The zero-order valence-corrected chi connectivity index (χ0v) is 7.92. The number of nitrogens with one attached hydrogen (secondary N) is 2. The molecule has 0 spiro atoms. The number of amides is 2. The summed E-state index contributed by atoms with van der Waals surface area (Å²) in [4.78, 5) is 13.1. The summed E-state index contributed by atoms with van der Waals surface area (Å²) in [5.41, 5.74) is 0. The topological polar surface area (TPSA) is 44.4 Å². The Bertz CT molecular complexity index is 172. The van der Waals surface area contributed by atoms with E-state index in [1.165, 1.54) is 0 Å². The number of hydrogen-bond acceptors (Lipinski definition) is 2. The number of urea groups is 1. The van der Waals surface area contributed by atoms with Gasteiger partial charge < -0.3 is 15.5 Å². The van der Waals surface area contributed by atoms with Crippen molar-refractivity contribution in [3.63, 3.8) is 0 Å². The summed E-state index contributed by atoms with van der Waals surface area (Å²) < 4.78 is 0. The maximum Gasteiger partial charge on any atom is 0.317 e. The summed E-state index contributed by atoms with van der Waals surface area (Å²) in [7, 11) is 1.90. The Morgan fingerprint density at radius 3 is 2.92 bits per heavy atom. The lowest BCUT2D eigenvalue weighted by Gasteiger charge is -2.18. The average molecular weight is 171 g/mol. The number of nitrogens with zero attached hydrogens (tertiary/aromatic N) is 1. The molecule has 0 aliphatic carbocycles. The van der Waals surface area contributed by atoms with E-state index in [1.807, 2.05) is 18.9 Å². The standard InChI is InChI=1S/C8H17N3O/c1-6(9-3)4-11-5-7(2)10-8(11)12/h6-7,9H,4-5H2,1-3H3,(H,10,12). The van der Waals surface area contributed by atoms with E-state index in [9.17, 15) is 4.79 Å². The minimum Gasteiger partial charge on any atom is -0.334 e. The molecule has 0 bridgehead atoms. The van der Waals surface area contributed by atoms with Crippen molar-refractivity contribution in [2.75, 3.05) is 20.1 Å². The molecule has 2 unspecified atom stereocenters. The van der Waals surface area contributed by atoms with Gasteiger partial charge in [0.05, 0.1) is 0 Å². The molecular weight excluding hydrogens is 154 g/mol. The maximum absolute atomic E-state index is 11.2. The Labute approximate surface area is 73.3 Å². The van der Waals surface area contributed by atoms with Gasteiger partial charge in [0, 0.05) is 25.2 Å². The molecule has 1 aliphatic heterocycles. The summed E-state index contributed by atoms with van der Waals surface area (Å²) in [6.45, 7) is 5.69. The van der Waals surface area contributed by atoms with Crippen LogP contribution in [0.2, 0.25) is 0 Å². The largest absolute Gasteiger partial charge is 0.334 e. The Kier molecular flexibility index (Phi) is 2.92. The van der Waals surface area contributed by atoms with Crippen LogP contribution in [0.5, 0.6) is 0 Å². The highest BCUT2D eigenvalue weighted by Crippen LogP contribution is 2.03. The van der Waals surface area contributed by atoms with Crippen molar-refractivity contribution in [2.45, 2.75) is 25.9 Å². The molecule has 0 radical (unpaired) electrons.